The summed E-state index contributed by atoms with van der Waals surface area (Å²) in [6, 6.07) is 13.3. The number of halogens is 1. The van der Waals surface area contributed by atoms with Crippen LogP contribution >= 0.6 is 11.6 Å². The van der Waals surface area contributed by atoms with Crippen molar-refractivity contribution < 1.29 is 19.4 Å². The molecule has 0 fully saturated rings. The smallest absolute Gasteiger partial charge is 0.335 e. The zero-order valence-corrected chi connectivity index (χ0v) is 13.8. The second-order valence-electron chi connectivity index (χ2n) is 5.24. The third kappa shape index (κ3) is 4.71. The number of hydrogen-bond acceptors (Lipinski definition) is 4. The number of rotatable bonds is 6. The van der Waals surface area contributed by atoms with E-state index in [1.54, 1.807) is 6.07 Å². The number of benzene rings is 2. The Morgan fingerprint density at radius 2 is 1.91 bits per heavy atom. The van der Waals surface area contributed by atoms with Crippen LogP contribution in [-0.4, -0.2) is 24.3 Å². The van der Waals surface area contributed by atoms with Gasteiger partial charge in [-0.3, -0.25) is 0 Å². The Kier molecular flexibility index (Phi) is 6.02. The Bertz CT molecular complexity index is 647. The predicted molar refractivity (Wildman–Crippen MR) is 88.7 cm³/mol. The predicted octanol–water partition coefficient (Wildman–Crippen LogP) is 3.30. The van der Waals surface area contributed by atoms with Gasteiger partial charge in [0.05, 0.1) is 12.1 Å². The SMILES string of the molecule is COC(=O)[C@H](O)Cc1cc(C)c(OCc2ccccc2)c(Cl)c1. The van der Waals surface area contributed by atoms with Crippen molar-refractivity contribution in [3.05, 3.63) is 64.2 Å². The highest BCUT2D eigenvalue weighted by atomic mass is 35.5. The molecule has 0 saturated heterocycles. The molecule has 122 valence electrons. The minimum Gasteiger partial charge on any atom is -0.487 e. The van der Waals surface area contributed by atoms with Crippen LogP contribution in [-0.2, 0) is 22.6 Å². The maximum absolute atomic E-state index is 11.3. The first kappa shape index (κ1) is 17.3. The summed E-state index contributed by atoms with van der Waals surface area (Å²) in [5.74, 6) is -0.0602. The molecule has 2 rings (SSSR count). The maximum Gasteiger partial charge on any atom is 0.335 e. The molecule has 0 aliphatic carbocycles. The summed E-state index contributed by atoms with van der Waals surface area (Å²) in [5.41, 5.74) is 2.64. The Hall–Kier alpha value is -2.04. The molecule has 5 heteroatoms. The van der Waals surface area contributed by atoms with E-state index >= 15 is 0 Å². The largest absolute Gasteiger partial charge is 0.487 e. The Morgan fingerprint density at radius 3 is 2.52 bits per heavy atom. The normalized spacial score (nSPS) is 11.8. The molecule has 2 aromatic carbocycles. The van der Waals surface area contributed by atoms with Crippen LogP contribution in [0.25, 0.3) is 0 Å². The van der Waals surface area contributed by atoms with E-state index in [0.717, 1.165) is 16.7 Å². The fourth-order valence-electron chi connectivity index (χ4n) is 2.27. The molecule has 0 aliphatic rings. The van der Waals surface area contributed by atoms with E-state index < -0.39 is 12.1 Å². The fraction of sp³-hybridized carbons (Fsp3) is 0.278. The van der Waals surface area contributed by atoms with Crippen LogP contribution < -0.4 is 4.74 Å². The molecule has 0 spiro atoms. The standard InChI is InChI=1S/C18H19ClO4/c1-12-8-14(10-16(20)18(21)22-2)9-15(19)17(12)23-11-13-6-4-3-5-7-13/h3-9,16,20H,10-11H2,1-2H3/t16-/m1/s1. The average molecular weight is 335 g/mol. The number of aliphatic hydroxyl groups is 1. The van der Waals surface area contributed by atoms with Crippen molar-refractivity contribution in [3.8, 4) is 5.75 Å². The van der Waals surface area contributed by atoms with Gasteiger partial charge in [-0.2, -0.15) is 0 Å². The summed E-state index contributed by atoms with van der Waals surface area (Å²) in [6.45, 7) is 2.30. The van der Waals surface area contributed by atoms with Gasteiger partial charge >= 0.3 is 5.97 Å². The fourth-order valence-corrected chi connectivity index (χ4v) is 2.62. The maximum atomic E-state index is 11.3. The highest BCUT2D eigenvalue weighted by Crippen LogP contribution is 2.31. The monoisotopic (exact) mass is 334 g/mol. The van der Waals surface area contributed by atoms with Gasteiger partial charge in [-0.05, 0) is 29.7 Å². The van der Waals surface area contributed by atoms with Crippen molar-refractivity contribution in [2.45, 2.75) is 26.1 Å². The van der Waals surface area contributed by atoms with Crippen molar-refractivity contribution in [3.63, 3.8) is 0 Å². The van der Waals surface area contributed by atoms with E-state index in [1.807, 2.05) is 43.3 Å². The van der Waals surface area contributed by atoms with Gasteiger partial charge < -0.3 is 14.6 Å². The first-order chi connectivity index (χ1) is 11.0. The zero-order valence-electron chi connectivity index (χ0n) is 13.1. The highest BCUT2D eigenvalue weighted by Gasteiger charge is 2.17. The van der Waals surface area contributed by atoms with E-state index in [0.29, 0.717) is 17.4 Å². The van der Waals surface area contributed by atoms with Crippen molar-refractivity contribution in [2.24, 2.45) is 0 Å². The van der Waals surface area contributed by atoms with Gasteiger partial charge in [-0.1, -0.05) is 48.0 Å². The van der Waals surface area contributed by atoms with Crippen LogP contribution in [0.5, 0.6) is 5.75 Å². The quantitative estimate of drug-likeness (QED) is 0.823. The van der Waals surface area contributed by atoms with E-state index in [-0.39, 0.29) is 6.42 Å². The number of carbonyl (C=O) groups excluding carboxylic acids is 1. The molecule has 0 radical (unpaired) electrons. The number of esters is 1. The number of carbonyl (C=O) groups is 1. The third-order valence-electron chi connectivity index (χ3n) is 3.42. The lowest BCUT2D eigenvalue weighted by Gasteiger charge is -2.14. The van der Waals surface area contributed by atoms with E-state index in [1.165, 1.54) is 7.11 Å². The minimum absolute atomic E-state index is 0.145. The minimum atomic E-state index is -1.20. The molecule has 23 heavy (non-hydrogen) atoms. The van der Waals surface area contributed by atoms with Gasteiger partial charge in [0, 0.05) is 6.42 Å². The van der Waals surface area contributed by atoms with Gasteiger partial charge in [0.25, 0.3) is 0 Å². The molecule has 0 bridgehead atoms. The lowest BCUT2D eigenvalue weighted by Crippen LogP contribution is -2.24. The summed E-state index contributed by atoms with van der Waals surface area (Å²) >= 11 is 6.27. The molecular weight excluding hydrogens is 316 g/mol. The van der Waals surface area contributed by atoms with Gasteiger partial charge in [-0.15, -0.1) is 0 Å². The lowest BCUT2D eigenvalue weighted by molar-refractivity contribution is -0.150. The summed E-state index contributed by atoms with van der Waals surface area (Å²) < 4.78 is 10.3. The van der Waals surface area contributed by atoms with E-state index in [2.05, 4.69) is 4.74 Å². The second kappa shape index (κ2) is 7.99. The van der Waals surface area contributed by atoms with Gasteiger partial charge in [-0.25, -0.2) is 4.79 Å². The van der Waals surface area contributed by atoms with Crippen molar-refractivity contribution >= 4 is 17.6 Å². The summed E-state index contributed by atoms with van der Waals surface area (Å²) in [6.07, 6.45) is -1.06. The molecule has 0 aromatic heterocycles. The Morgan fingerprint density at radius 1 is 1.22 bits per heavy atom. The van der Waals surface area contributed by atoms with Crippen LogP contribution in [0.3, 0.4) is 0 Å². The average Bonchev–Trinajstić information content (AvgIpc) is 2.54. The highest BCUT2D eigenvalue weighted by molar-refractivity contribution is 6.32. The van der Waals surface area contributed by atoms with E-state index in [4.69, 9.17) is 16.3 Å². The van der Waals surface area contributed by atoms with Gasteiger partial charge in [0.2, 0.25) is 0 Å². The molecular formula is C18H19ClO4. The number of aryl methyl sites for hydroxylation is 1. The van der Waals surface area contributed by atoms with Gasteiger partial charge in [0.1, 0.15) is 12.4 Å². The second-order valence-corrected chi connectivity index (χ2v) is 5.65. The number of methoxy groups -OCH3 is 1. The third-order valence-corrected chi connectivity index (χ3v) is 3.70. The summed E-state index contributed by atoms with van der Waals surface area (Å²) in [7, 11) is 1.24. The summed E-state index contributed by atoms with van der Waals surface area (Å²) in [5, 5.41) is 10.2. The zero-order chi connectivity index (χ0) is 16.8. The molecule has 2 aromatic rings. The summed E-state index contributed by atoms with van der Waals surface area (Å²) in [4.78, 5) is 11.3. The van der Waals surface area contributed by atoms with Crippen LogP contribution in [0.1, 0.15) is 16.7 Å². The molecule has 0 heterocycles. The van der Waals surface area contributed by atoms with Crippen LogP contribution in [0, 0.1) is 6.92 Å². The molecule has 1 atom stereocenters. The van der Waals surface area contributed by atoms with Crippen LogP contribution in [0.4, 0.5) is 0 Å². The molecule has 0 saturated carbocycles. The van der Waals surface area contributed by atoms with Crippen LogP contribution in [0.15, 0.2) is 42.5 Å². The van der Waals surface area contributed by atoms with Crippen molar-refractivity contribution in [1.29, 1.82) is 0 Å². The first-order valence-electron chi connectivity index (χ1n) is 7.23. The molecule has 0 unspecified atom stereocenters. The van der Waals surface area contributed by atoms with Crippen molar-refractivity contribution in [2.75, 3.05) is 7.11 Å². The lowest BCUT2D eigenvalue weighted by atomic mass is 10.0. The Labute approximate surface area is 140 Å². The number of aliphatic hydroxyl groups excluding tert-OH is 1. The molecule has 4 nitrogen and oxygen atoms in total. The van der Waals surface area contributed by atoms with E-state index in [9.17, 15) is 9.90 Å². The first-order valence-corrected chi connectivity index (χ1v) is 7.60. The topological polar surface area (TPSA) is 55.8 Å². The van der Waals surface area contributed by atoms with Crippen molar-refractivity contribution in [1.82, 2.24) is 0 Å². The molecule has 0 aliphatic heterocycles. The molecule has 1 N–H and O–H groups in total. The number of ether oxygens (including phenoxy) is 2. The Balaban J connectivity index is 2.09. The number of hydrogen-bond donors (Lipinski definition) is 1. The van der Waals surface area contributed by atoms with Crippen LogP contribution in [0.2, 0.25) is 5.02 Å². The molecule has 0 amide bonds. The van der Waals surface area contributed by atoms with Gasteiger partial charge in [0.15, 0.2) is 6.10 Å².